The van der Waals surface area contributed by atoms with Gasteiger partial charge in [0.1, 0.15) is 6.04 Å². The minimum Gasteiger partial charge on any atom is -0.378 e. The van der Waals surface area contributed by atoms with Crippen LogP contribution in [0.4, 0.5) is 0 Å². The van der Waals surface area contributed by atoms with E-state index in [2.05, 4.69) is 21.2 Å². The molecule has 0 spiro atoms. The van der Waals surface area contributed by atoms with Gasteiger partial charge in [-0.25, -0.2) is 0 Å². The van der Waals surface area contributed by atoms with E-state index in [0.717, 1.165) is 4.47 Å². The van der Waals surface area contributed by atoms with Crippen LogP contribution in [-0.4, -0.2) is 49.1 Å². The molecule has 1 aromatic rings. The predicted octanol–water partition coefficient (Wildman–Crippen LogP) is 2.45. The number of nitrogens with one attached hydrogen (secondary N) is 1. The molecule has 2 rings (SSSR count). The van der Waals surface area contributed by atoms with E-state index in [1.165, 1.54) is 0 Å². The van der Waals surface area contributed by atoms with Gasteiger partial charge < -0.3 is 15.0 Å². The van der Waals surface area contributed by atoms with Gasteiger partial charge in [0.2, 0.25) is 5.91 Å². The molecule has 0 radical (unpaired) electrons. The van der Waals surface area contributed by atoms with Gasteiger partial charge in [0.05, 0.1) is 18.8 Å². The first-order chi connectivity index (χ1) is 11.0. The van der Waals surface area contributed by atoms with Crippen molar-refractivity contribution in [1.29, 1.82) is 0 Å². The lowest BCUT2D eigenvalue weighted by molar-refractivity contribution is -0.137. The lowest BCUT2D eigenvalue weighted by atomic mass is 10.0. The van der Waals surface area contributed by atoms with Gasteiger partial charge in [-0.2, -0.15) is 0 Å². The van der Waals surface area contributed by atoms with E-state index in [1.54, 1.807) is 17.0 Å². The van der Waals surface area contributed by atoms with Crippen LogP contribution in [-0.2, 0) is 9.53 Å². The molecule has 1 fully saturated rings. The van der Waals surface area contributed by atoms with Gasteiger partial charge in [-0.3, -0.25) is 9.59 Å². The molecule has 1 aromatic carbocycles. The zero-order chi connectivity index (χ0) is 16.8. The second-order valence-corrected chi connectivity index (χ2v) is 6.93. The number of nitrogens with zero attached hydrogens (tertiary/aromatic N) is 1. The molecule has 0 unspecified atom stereocenters. The average molecular weight is 383 g/mol. The molecule has 0 aliphatic carbocycles. The zero-order valence-electron chi connectivity index (χ0n) is 13.5. The summed E-state index contributed by atoms with van der Waals surface area (Å²) in [6.07, 6.45) is 0.617. The molecule has 1 heterocycles. The summed E-state index contributed by atoms with van der Waals surface area (Å²) in [5, 5.41) is 2.90. The molecule has 1 saturated heterocycles. The maximum absolute atomic E-state index is 12.7. The van der Waals surface area contributed by atoms with Crippen molar-refractivity contribution >= 4 is 27.7 Å². The van der Waals surface area contributed by atoms with Crippen LogP contribution in [0, 0.1) is 5.92 Å². The Hall–Kier alpha value is -1.40. The Morgan fingerprint density at radius 1 is 1.26 bits per heavy atom. The van der Waals surface area contributed by atoms with E-state index in [4.69, 9.17) is 4.74 Å². The summed E-state index contributed by atoms with van der Waals surface area (Å²) in [7, 11) is 0. The standard InChI is InChI=1S/C17H23BrN2O3/c1-12(2)11-15(17(22)20-7-9-23-10-8-20)19-16(21)13-5-3-4-6-14(13)18/h3-6,12,15H,7-11H2,1-2H3,(H,19,21)/t15-/m1/s1. The highest BCUT2D eigenvalue weighted by Gasteiger charge is 2.28. The highest BCUT2D eigenvalue weighted by Crippen LogP contribution is 2.17. The van der Waals surface area contributed by atoms with E-state index < -0.39 is 6.04 Å². The molecule has 0 aromatic heterocycles. The molecule has 23 heavy (non-hydrogen) atoms. The van der Waals surface area contributed by atoms with Crippen LogP contribution in [0.5, 0.6) is 0 Å². The van der Waals surface area contributed by atoms with Crippen molar-refractivity contribution in [3.05, 3.63) is 34.3 Å². The summed E-state index contributed by atoms with van der Waals surface area (Å²) in [5.74, 6) is 0.0524. The molecule has 126 valence electrons. The Morgan fingerprint density at radius 2 is 1.91 bits per heavy atom. The Kier molecular flexibility index (Phi) is 6.59. The highest BCUT2D eigenvalue weighted by molar-refractivity contribution is 9.10. The number of ether oxygens (including phenoxy) is 1. The first-order valence-corrected chi connectivity index (χ1v) is 8.70. The Morgan fingerprint density at radius 3 is 2.52 bits per heavy atom. The molecule has 5 nitrogen and oxygen atoms in total. The fourth-order valence-corrected chi connectivity index (χ4v) is 3.04. The van der Waals surface area contributed by atoms with Crippen molar-refractivity contribution in [3.63, 3.8) is 0 Å². The van der Waals surface area contributed by atoms with Crippen molar-refractivity contribution in [2.24, 2.45) is 5.92 Å². The maximum atomic E-state index is 12.7. The van der Waals surface area contributed by atoms with Crippen LogP contribution in [0.3, 0.4) is 0 Å². The van der Waals surface area contributed by atoms with Crippen LogP contribution in [0.1, 0.15) is 30.6 Å². The molecule has 0 bridgehead atoms. The lowest BCUT2D eigenvalue weighted by Gasteiger charge is -2.31. The summed E-state index contributed by atoms with van der Waals surface area (Å²) in [5.41, 5.74) is 0.538. The molecule has 1 aliphatic heterocycles. The number of carbonyl (C=O) groups excluding carboxylic acids is 2. The fourth-order valence-electron chi connectivity index (χ4n) is 2.58. The number of carbonyl (C=O) groups is 2. The first kappa shape index (κ1) is 17.9. The van der Waals surface area contributed by atoms with Gasteiger partial charge in [-0.15, -0.1) is 0 Å². The number of halogens is 1. The van der Waals surface area contributed by atoms with Gasteiger partial charge in [-0.1, -0.05) is 26.0 Å². The van der Waals surface area contributed by atoms with E-state index in [1.807, 2.05) is 26.0 Å². The smallest absolute Gasteiger partial charge is 0.253 e. The molecular formula is C17H23BrN2O3. The second kappa shape index (κ2) is 8.45. The third-order valence-electron chi connectivity index (χ3n) is 3.75. The average Bonchev–Trinajstić information content (AvgIpc) is 2.54. The molecular weight excluding hydrogens is 360 g/mol. The van der Waals surface area contributed by atoms with Gasteiger partial charge >= 0.3 is 0 Å². The van der Waals surface area contributed by atoms with Crippen LogP contribution in [0.25, 0.3) is 0 Å². The second-order valence-electron chi connectivity index (χ2n) is 6.07. The van der Waals surface area contributed by atoms with Crippen LogP contribution in [0.2, 0.25) is 0 Å². The summed E-state index contributed by atoms with van der Waals surface area (Å²) < 4.78 is 6.01. The van der Waals surface area contributed by atoms with Crippen molar-refractivity contribution in [2.75, 3.05) is 26.3 Å². The minimum atomic E-state index is -0.507. The fraction of sp³-hybridized carbons (Fsp3) is 0.529. The van der Waals surface area contributed by atoms with E-state index >= 15 is 0 Å². The zero-order valence-corrected chi connectivity index (χ0v) is 15.1. The molecule has 2 amide bonds. The molecule has 1 atom stereocenters. The minimum absolute atomic E-state index is 0.0256. The van der Waals surface area contributed by atoms with E-state index in [9.17, 15) is 9.59 Å². The number of hydrogen-bond acceptors (Lipinski definition) is 3. The van der Waals surface area contributed by atoms with Crippen molar-refractivity contribution < 1.29 is 14.3 Å². The number of morpholine rings is 1. The number of amides is 2. The molecule has 1 aliphatic rings. The third kappa shape index (κ3) is 5.04. The largest absolute Gasteiger partial charge is 0.378 e. The van der Waals surface area contributed by atoms with Gasteiger partial charge in [0.25, 0.3) is 5.91 Å². The first-order valence-electron chi connectivity index (χ1n) is 7.91. The predicted molar refractivity (Wildman–Crippen MR) is 92.3 cm³/mol. The van der Waals surface area contributed by atoms with Crippen molar-refractivity contribution in [3.8, 4) is 0 Å². The Balaban J connectivity index is 2.10. The summed E-state index contributed by atoms with van der Waals surface area (Å²) in [6, 6.07) is 6.71. The van der Waals surface area contributed by atoms with E-state index in [0.29, 0.717) is 44.2 Å². The normalized spacial score (nSPS) is 16.3. The quantitative estimate of drug-likeness (QED) is 0.850. The summed E-state index contributed by atoms with van der Waals surface area (Å²) >= 11 is 3.38. The monoisotopic (exact) mass is 382 g/mol. The summed E-state index contributed by atoms with van der Waals surface area (Å²) in [6.45, 7) is 6.36. The third-order valence-corrected chi connectivity index (χ3v) is 4.44. The molecule has 1 N–H and O–H groups in total. The lowest BCUT2D eigenvalue weighted by Crippen LogP contribution is -2.52. The van der Waals surface area contributed by atoms with Gasteiger partial charge in [0, 0.05) is 17.6 Å². The van der Waals surface area contributed by atoms with Gasteiger partial charge in [0.15, 0.2) is 0 Å². The van der Waals surface area contributed by atoms with E-state index in [-0.39, 0.29) is 11.8 Å². The topological polar surface area (TPSA) is 58.6 Å². The summed E-state index contributed by atoms with van der Waals surface area (Å²) in [4.78, 5) is 27.0. The van der Waals surface area contributed by atoms with Crippen LogP contribution in [0.15, 0.2) is 28.7 Å². The van der Waals surface area contributed by atoms with Crippen molar-refractivity contribution in [1.82, 2.24) is 10.2 Å². The number of rotatable bonds is 5. The van der Waals surface area contributed by atoms with Crippen LogP contribution < -0.4 is 5.32 Å². The highest BCUT2D eigenvalue weighted by atomic mass is 79.9. The van der Waals surface area contributed by atoms with Crippen molar-refractivity contribution in [2.45, 2.75) is 26.3 Å². The molecule has 0 saturated carbocycles. The number of benzene rings is 1. The van der Waals surface area contributed by atoms with Crippen LogP contribution >= 0.6 is 15.9 Å². The SMILES string of the molecule is CC(C)C[C@@H](NC(=O)c1ccccc1Br)C(=O)N1CCOCC1. The molecule has 6 heteroatoms. The number of hydrogen-bond donors (Lipinski definition) is 1. The van der Waals surface area contributed by atoms with Gasteiger partial charge in [-0.05, 0) is 40.4 Å². The maximum Gasteiger partial charge on any atom is 0.253 e. The Bertz CT molecular complexity index is 557. The Labute approximate surface area is 145 Å².